The van der Waals surface area contributed by atoms with Gasteiger partial charge in [-0.15, -0.1) is 134 Å². The molecule has 24 rings (SSSR count). The molecule has 21 aromatic rings. The van der Waals surface area contributed by atoms with Crippen LogP contribution in [0.5, 0.6) is 0 Å². The van der Waals surface area contributed by atoms with E-state index in [1.807, 2.05) is 104 Å². The molecule has 3 aliphatic heterocycles. The zero-order valence-corrected chi connectivity index (χ0v) is 84.5. The van der Waals surface area contributed by atoms with Crippen LogP contribution in [0.2, 0.25) is 0 Å². The van der Waals surface area contributed by atoms with Gasteiger partial charge in [0.2, 0.25) is 0 Å². The van der Waals surface area contributed by atoms with E-state index in [4.69, 9.17) is 19.9 Å². The first-order valence-corrected chi connectivity index (χ1v) is 47.5. The summed E-state index contributed by atoms with van der Waals surface area (Å²) in [6.45, 7) is 18.6. The van der Waals surface area contributed by atoms with Crippen LogP contribution < -0.4 is 14.7 Å². The van der Waals surface area contributed by atoms with E-state index in [0.717, 1.165) is 144 Å². The van der Waals surface area contributed by atoms with Crippen molar-refractivity contribution in [1.82, 2.24) is 43.6 Å². The minimum absolute atomic E-state index is 0. The Morgan fingerprint density at radius 3 is 0.889 bits per heavy atom. The second-order valence-corrected chi connectivity index (χ2v) is 37.9. The molecule has 12 heterocycles. The molecule has 0 saturated heterocycles. The van der Waals surface area contributed by atoms with E-state index in [1.54, 1.807) is 35.3 Å². The van der Waals surface area contributed by atoms with Gasteiger partial charge < -0.3 is 28.4 Å². The van der Waals surface area contributed by atoms with Gasteiger partial charge in [-0.3, -0.25) is 0 Å². The number of hydrogen-bond donors (Lipinski definition) is 0. The van der Waals surface area contributed by atoms with Crippen LogP contribution in [-0.4, -0.2) is 43.6 Å². The molecule has 666 valence electrons. The summed E-state index contributed by atoms with van der Waals surface area (Å²) in [5, 5.41) is 7.07. The van der Waals surface area contributed by atoms with Crippen LogP contribution in [-0.2, 0) is 79.4 Å². The number of pyridine rings is 6. The Labute approximate surface area is 843 Å². The zero-order valence-electron chi connectivity index (χ0n) is 75.2. The first kappa shape index (κ1) is 91.6. The Morgan fingerprint density at radius 2 is 0.533 bits per heavy atom. The minimum atomic E-state index is -0.175. The van der Waals surface area contributed by atoms with Crippen molar-refractivity contribution in [2.75, 3.05) is 14.7 Å². The van der Waals surface area contributed by atoms with Crippen LogP contribution in [0.3, 0.4) is 0 Å². The van der Waals surface area contributed by atoms with Gasteiger partial charge >= 0.3 is 63.2 Å². The van der Waals surface area contributed by atoms with E-state index in [-0.39, 0.29) is 79.4 Å². The second kappa shape index (κ2) is 38.3. The zero-order chi connectivity index (χ0) is 89.4. The number of aromatic nitrogens is 9. The summed E-state index contributed by atoms with van der Waals surface area (Å²) in [4.78, 5) is 41.4. The Bertz CT molecular complexity index is 7920. The molecular formula is C117H90N12Pt3S3. The van der Waals surface area contributed by atoms with Gasteiger partial charge in [-0.05, 0) is 170 Å². The number of hydrogen-bond acceptors (Lipinski definition) is 12. The van der Waals surface area contributed by atoms with Gasteiger partial charge in [0.25, 0.3) is 0 Å². The van der Waals surface area contributed by atoms with E-state index < -0.39 is 0 Å². The van der Waals surface area contributed by atoms with Crippen molar-refractivity contribution >= 4 is 152 Å². The molecule has 0 saturated carbocycles. The van der Waals surface area contributed by atoms with Crippen LogP contribution in [0.15, 0.2) is 394 Å². The molecule has 0 radical (unpaired) electrons. The smallest absolute Gasteiger partial charge is 0.319 e. The summed E-state index contributed by atoms with van der Waals surface area (Å²) in [5.41, 5.74) is 20.4. The largest absolute Gasteiger partial charge is 2.00 e. The maximum Gasteiger partial charge on any atom is 2.00 e. The number of anilines is 9. The van der Waals surface area contributed by atoms with Crippen LogP contribution in [0.1, 0.15) is 102 Å². The summed E-state index contributed by atoms with van der Waals surface area (Å²) in [7, 11) is 0. The van der Waals surface area contributed by atoms with Gasteiger partial charge in [-0.2, -0.15) is 72.8 Å². The van der Waals surface area contributed by atoms with Gasteiger partial charge in [0.1, 0.15) is 34.9 Å². The Hall–Kier alpha value is -12.5. The standard InChI is InChI=1S/C41H34N4S.C39H30N4S.C37H26N4S.3Pt/c1-27(2)41(28(3)4)33-14-6-8-16-36(33)45(40-18-10-12-24-43-40)38-26-30(20-22-34(38)41)46-29-19-21-32-31-13-5-7-15-35(31)44(37(32)25-29)39-17-9-11-23-42-39;1-3-39(4-2)31-14-6-8-16-34(31)43(38-18-10-12-24-41-38)36-26-28(20-22-32(36)39)44-27-19-21-30-29-13-5-7-15-33(29)42(35(30)25-27)37-17-9-11-23-40-37;1-37(2)29-12-4-6-14-32(29)41(36-16-8-10-22-39-36)34-24-26(18-20-30(34)37)42-25-17-19-28-27-11-3-5-13-31(27)40(33(28)23-25)35-15-7-9-21-38-35;;;/h5-24,27-28H,1-4H3;5-24H,3-4H2,1-2H3;3-22H,1-2H3;;;/q3*-2;3*+2. The average molecular weight is 2350 g/mol. The van der Waals surface area contributed by atoms with E-state index >= 15 is 0 Å². The molecule has 0 spiro atoms. The fourth-order valence-corrected chi connectivity index (χ4v) is 23.2. The van der Waals surface area contributed by atoms with Crippen LogP contribution >= 0.6 is 35.3 Å². The Morgan fingerprint density at radius 1 is 0.259 bits per heavy atom. The normalized spacial score (nSPS) is 13.4. The van der Waals surface area contributed by atoms with Crippen molar-refractivity contribution in [3.63, 3.8) is 0 Å². The molecular weight excluding hydrogens is 2250 g/mol. The average Bonchev–Trinajstić information content (AvgIpc) is 1.65. The van der Waals surface area contributed by atoms with Crippen molar-refractivity contribution in [2.45, 2.75) is 114 Å². The second-order valence-electron chi connectivity index (χ2n) is 34.7. The topological polar surface area (TPSA) is 102 Å². The number of fused-ring (bicyclic) bond motifs is 15. The predicted octanol–water partition coefficient (Wildman–Crippen LogP) is 30.3. The SMILES string of the molecule is CC(C)C1(C(C)C)c2ccc(Sc3[c-]c4c(cc3)c3ccccc3n4-c3ccccn3)[c-]c2N(c2ccccn2)c2ccccc21.CC1(C)c2ccc(Sc3[c-]c4c(cc3)c3ccccc3n4-c3ccccn3)[c-]c2N(c2ccccn2)c2ccccc21.CCC1(CC)c2ccc(Sc3[c-]c4c(cc3)c3ccccc3n4-c3ccccn3)[c-]c2N(c2ccccn2)c2ccccc21.[Pt+2].[Pt+2].[Pt+2]. The molecule has 135 heavy (non-hydrogen) atoms. The van der Waals surface area contributed by atoms with E-state index in [1.165, 1.54) is 66.3 Å². The number of nitrogens with zero attached hydrogens (tertiary/aromatic N) is 12. The number of para-hydroxylation sites is 6. The van der Waals surface area contributed by atoms with Crippen LogP contribution in [0.4, 0.5) is 51.6 Å². The van der Waals surface area contributed by atoms with Crippen molar-refractivity contribution in [1.29, 1.82) is 0 Å². The van der Waals surface area contributed by atoms with E-state index in [2.05, 4.69) is 391 Å². The molecule has 0 amide bonds. The number of benzene rings is 12. The third-order valence-electron chi connectivity index (χ3n) is 26.7. The van der Waals surface area contributed by atoms with Crippen molar-refractivity contribution in [3.05, 3.63) is 435 Å². The Kier molecular flexibility index (Phi) is 26.0. The Balaban J connectivity index is 0.000000129. The molecule has 0 bridgehead atoms. The van der Waals surface area contributed by atoms with Gasteiger partial charge in [0, 0.05) is 70.8 Å². The summed E-state index contributed by atoms with van der Waals surface area (Å²) in [6, 6.07) is 138. The molecule has 0 fully saturated rings. The molecule has 9 aromatic heterocycles. The maximum absolute atomic E-state index is 4.83. The minimum Gasteiger partial charge on any atom is -0.319 e. The van der Waals surface area contributed by atoms with Crippen molar-refractivity contribution in [2.24, 2.45) is 11.8 Å². The molecule has 18 heteroatoms. The summed E-state index contributed by atoms with van der Waals surface area (Å²) < 4.78 is 6.63. The molecule has 12 nitrogen and oxygen atoms in total. The molecule has 12 aromatic carbocycles. The van der Waals surface area contributed by atoms with Crippen LogP contribution in [0.25, 0.3) is 82.9 Å². The van der Waals surface area contributed by atoms with Crippen LogP contribution in [0, 0.1) is 48.2 Å². The van der Waals surface area contributed by atoms with Gasteiger partial charge in [-0.25, -0.2) is 29.9 Å². The quantitative estimate of drug-likeness (QED) is 0.0861. The van der Waals surface area contributed by atoms with Gasteiger partial charge in [-0.1, -0.05) is 247 Å². The fraction of sp³-hybridized carbons (Fsp3) is 0.128. The molecule has 0 atom stereocenters. The van der Waals surface area contributed by atoms with Crippen molar-refractivity contribution < 1.29 is 63.2 Å². The third-order valence-corrected chi connectivity index (χ3v) is 29.4. The van der Waals surface area contributed by atoms with E-state index in [9.17, 15) is 0 Å². The predicted molar refractivity (Wildman–Crippen MR) is 542 cm³/mol. The first-order valence-electron chi connectivity index (χ1n) is 45.1. The van der Waals surface area contributed by atoms with E-state index in [0.29, 0.717) is 11.8 Å². The summed E-state index contributed by atoms with van der Waals surface area (Å²) in [5.74, 6) is 6.07. The molecule has 3 aliphatic rings. The molecule has 0 unspecified atom stereocenters. The maximum atomic E-state index is 4.83. The first-order chi connectivity index (χ1) is 64.8. The summed E-state index contributed by atoms with van der Waals surface area (Å²) in [6.07, 6.45) is 13.1. The van der Waals surface area contributed by atoms with Crippen molar-refractivity contribution in [3.8, 4) is 17.5 Å². The molecule has 0 N–H and O–H groups in total. The number of rotatable bonds is 16. The fourth-order valence-electron chi connectivity index (χ4n) is 20.8. The van der Waals surface area contributed by atoms with Gasteiger partial charge in [0.15, 0.2) is 0 Å². The third kappa shape index (κ3) is 16.0. The molecule has 0 aliphatic carbocycles. The monoisotopic (exact) mass is 2340 g/mol. The van der Waals surface area contributed by atoms with Gasteiger partial charge in [0.05, 0.1) is 0 Å². The summed E-state index contributed by atoms with van der Waals surface area (Å²) >= 11 is 5.06.